The van der Waals surface area contributed by atoms with Gasteiger partial charge >= 0.3 is 0 Å². The van der Waals surface area contributed by atoms with Crippen molar-refractivity contribution in [2.45, 2.75) is 6.10 Å². The van der Waals surface area contributed by atoms with Gasteiger partial charge in [-0.2, -0.15) is 0 Å². The first-order valence-electron chi connectivity index (χ1n) is 4.99. The minimum Gasteiger partial charge on any atom is -0.508 e. The van der Waals surface area contributed by atoms with Crippen molar-refractivity contribution in [2.24, 2.45) is 0 Å². The Labute approximate surface area is 113 Å². The molecule has 0 radical (unpaired) electrons. The molecule has 1 atom stereocenters. The molecule has 0 heterocycles. The number of aromatic hydroxyl groups is 1. The molecule has 2 rings (SSSR count). The summed E-state index contributed by atoms with van der Waals surface area (Å²) >= 11 is 9.14. The molecule has 0 aliphatic carbocycles. The van der Waals surface area contributed by atoms with Crippen molar-refractivity contribution in [3.8, 4) is 5.75 Å². The number of benzene rings is 2. The van der Waals surface area contributed by atoms with E-state index in [9.17, 15) is 10.2 Å². The molecule has 0 bridgehead atoms. The molecule has 0 saturated heterocycles. The second-order valence-corrected chi connectivity index (χ2v) is 5.05. The number of aliphatic hydroxyl groups is 1. The summed E-state index contributed by atoms with van der Waals surface area (Å²) in [4.78, 5) is 0. The van der Waals surface area contributed by atoms with Gasteiger partial charge in [0, 0.05) is 9.50 Å². The Morgan fingerprint density at radius 3 is 2.47 bits per heavy atom. The number of halogens is 2. The summed E-state index contributed by atoms with van der Waals surface area (Å²) < 4.78 is 0.716. The van der Waals surface area contributed by atoms with E-state index in [-0.39, 0.29) is 5.75 Å². The summed E-state index contributed by atoms with van der Waals surface area (Å²) in [6.07, 6.45) is -0.808. The van der Waals surface area contributed by atoms with Gasteiger partial charge in [-0.3, -0.25) is 0 Å². The Morgan fingerprint density at radius 1 is 1.06 bits per heavy atom. The van der Waals surface area contributed by atoms with Gasteiger partial charge in [-0.1, -0.05) is 39.7 Å². The third-order valence-corrected chi connectivity index (χ3v) is 3.08. The summed E-state index contributed by atoms with van der Waals surface area (Å²) in [6, 6.07) is 11.9. The summed E-state index contributed by atoms with van der Waals surface area (Å²) in [5, 5.41) is 20.2. The molecule has 2 N–H and O–H groups in total. The monoisotopic (exact) mass is 312 g/mol. The van der Waals surface area contributed by atoms with Gasteiger partial charge in [0.05, 0.1) is 0 Å². The highest BCUT2D eigenvalue weighted by molar-refractivity contribution is 9.10. The first-order chi connectivity index (χ1) is 8.06. The van der Waals surface area contributed by atoms with Crippen molar-refractivity contribution in [2.75, 3.05) is 0 Å². The third-order valence-electron chi connectivity index (χ3n) is 2.39. The van der Waals surface area contributed by atoms with E-state index in [1.165, 1.54) is 6.07 Å². The minimum atomic E-state index is -0.808. The van der Waals surface area contributed by atoms with Crippen molar-refractivity contribution in [1.82, 2.24) is 0 Å². The Morgan fingerprint density at radius 2 is 1.82 bits per heavy atom. The molecule has 0 aliphatic heterocycles. The topological polar surface area (TPSA) is 40.5 Å². The Bertz CT molecular complexity index is 522. The van der Waals surface area contributed by atoms with Crippen molar-refractivity contribution >= 4 is 27.5 Å². The molecule has 0 amide bonds. The lowest BCUT2D eigenvalue weighted by Crippen LogP contribution is -1.99. The van der Waals surface area contributed by atoms with E-state index in [0.29, 0.717) is 20.6 Å². The van der Waals surface area contributed by atoms with Gasteiger partial charge in [0.15, 0.2) is 0 Å². The van der Waals surface area contributed by atoms with Crippen LogP contribution in [0.15, 0.2) is 46.9 Å². The SMILES string of the molecule is Oc1cc(Br)cc(C(O)c2cccc(Cl)c2)c1. The smallest absolute Gasteiger partial charge is 0.117 e. The quantitative estimate of drug-likeness (QED) is 0.883. The van der Waals surface area contributed by atoms with E-state index in [1.54, 1.807) is 36.4 Å². The fourth-order valence-corrected chi connectivity index (χ4v) is 2.32. The largest absolute Gasteiger partial charge is 0.508 e. The van der Waals surface area contributed by atoms with Crippen molar-refractivity contribution < 1.29 is 10.2 Å². The van der Waals surface area contributed by atoms with Crippen molar-refractivity contribution in [3.63, 3.8) is 0 Å². The van der Waals surface area contributed by atoms with Crippen LogP contribution in [0.1, 0.15) is 17.2 Å². The standard InChI is InChI=1S/C13H10BrClO2/c14-10-4-9(6-12(16)7-10)13(17)8-2-1-3-11(15)5-8/h1-7,13,16-17H. The lowest BCUT2D eigenvalue weighted by atomic mass is 10.0. The minimum absolute atomic E-state index is 0.107. The van der Waals surface area contributed by atoms with Gasteiger partial charge in [-0.25, -0.2) is 0 Å². The third kappa shape index (κ3) is 3.00. The maximum absolute atomic E-state index is 10.2. The molecule has 0 aromatic heterocycles. The lowest BCUT2D eigenvalue weighted by molar-refractivity contribution is 0.220. The van der Waals surface area contributed by atoms with Crippen LogP contribution in [-0.4, -0.2) is 10.2 Å². The summed E-state index contributed by atoms with van der Waals surface area (Å²) in [7, 11) is 0. The Hall–Kier alpha value is -1.03. The number of phenolic OH excluding ortho intramolecular Hbond substituents is 1. The number of hydrogen-bond acceptors (Lipinski definition) is 2. The highest BCUT2D eigenvalue weighted by Crippen LogP contribution is 2.29. The molecule has 88 valence electrons. The molecule has 1 unspecified atom stereocenters. The number of rotatable bonds is 2. The van der Waals surface area contributed by atoms with E-state index in [4.69, 9.17) is 11.6 Å². The van der Waals surface area contributed by atoms with Crippen LogP contribution in [0.25, 0.3) is 0 Å². The van der Waals surface area contributed by atoms with Gasteiger partial charge in [0.2, 0.25) is 0 Å². The van der Waals surface area contributed by atoms with Gasteiger partial charge < -0.3 is 10.2 Å². The second kappa shape index (κ2) is 5.08. The maximum atomic E-state index is 10.2. The summed E-state index contributed by atoms with van der Waals surface area (Å²) in [6.45, 7) is 0. The highest BCUT2D eigenvalue weighted by atomic mass is 79.9. The van der Waals surface area contributed by atoms with Crippen LogP contribution in [0.5, 0.6) is 5.75 Å². The first-order valence-corrected chi connectivity index (χ1v) is 6.16. The fourth-order valence-electron chi connectivity index (χ4n) is 1.62. The number of hydrogen-bond donors (Lipinski definition) is 2. The molecule has 0 saturated carbocycles. The van der Waals surface area contributed by atoms with Crippen LogP contribution in [0.3, 0.4) is 0 Å². The van der Waals surface area contributed by atoms with Crippen LogP contribution in [0.4, 0.5) is 0 Å². The average Bonchev–Trinajstić information content (AvgIpc) is 2.26. The first kappa shape index (κ1) is 12.4. The molecule has 17 heavy (non-hydrogen) atoms. The molecule has 2 nitrogen and oxygen atoms in total. The normalized spacial score (nSPS) is 12.4. The highest BCUT2D eigenvalue weighted by Gasteiger charge is 2.12. The zero-order chi connectivity index (χ0) is 12.4. The Balaban J connectivity index is 2.39. The predicted octanol–water partition coefficient (Wildman–Crippen LogP) is 3.89. The zero-order valence-electron chi connectivity index (χ0n) is 8.77. The second-order valence-electron chi connectivity index (χ2n) is 3.70. The molecular formula is C13H10BrClO2. The van der Waals surface area contributed by atoms with Crippen molar-refractivity contribution in [1.29, 1.82) is 0 Å². The average molecular weight is 314 g/mol. The van der Waals surface area contributed by atoms with Gasteiger partial charge in [0.1, 0.15) is 11.9 Å². The van der Waals surface area contributed by atoms with Crippen LogP contribution in [-0.2, 0) is 0 Å². The van der Waals surface area contributed by atoms with E-state index in [0.717, 1.165) is 0 Å². The van der Waals surface area contributed by atoms with E-state index in [1.807, 2.05) is 0 Å². The molecule has 2 aromatic rings. The molecule has 0 aliphatic rings. The van der Waals surface area contributed by atoms with E-state index < -0.39 is 6.10 Å². The van der Waals surface area contributed by atoms with Crippen LogP contribution >= 0.6 is 27.5 Å². The predicted molar refractivity (Wildman–Crippen MR) is 71.3 cm³/mol. The van der Waals surface area contributed by atoms with Crippen LogP contribution < -0.4 is 0 Å². The maximum Gasteiger partial charge on any atom is 0.117 e. The molecule has 2 aromatic carbocycles. The summed E-state index contributed by atoms with van der Waals surface area (Å²) in [5.41, 5.74) is 1.30. The fraction of sp³-hybridized carbons (Fsp3) is 0.0769. The van der Waals surface area contributed by atoms with Crippen LogP contribution in [0, 0.1) is 0 Å². The summed E-state index contributed by atoms with van der Waals surface area (Å²) in [5.74, 6) is 0.107. The van der Waals surface area contributed by atoms with Gasteiger partial charge in [0.25, 0.3) is 0 Å². The van der Waals surface area contributed by atoms with Crippen molar-refractivity contribution in [3.05, 3.63) is 63.1 Å². The lowest BCUT2D eigenvalue weighted by Gasteiger charge is -2.12. The molecular weight excluding hydrogens is 303 g/mol. The van der Waals surface area contributed by atoms with E-state index in [2.05, 4.69) is 15.9 Å². The molecule has 0 spiro atoms. The van der Waals surface area contributed by atoms with E-state index >= 15 is 0 Å². The van der Waals surface area contributed by atoms with Gasteiger partial charge in [-0.15, -0.1) is 0 Å². The number of phenols is 1. The molecule has 0 fully saturated rings. The number of aliphatic hydroxyl groups excluding tert-OH is 1. The molecule has 4 heteroatoms. The van der Waals surface area contributed by atoms with Gasteiger partial charge in [-0.05, 0) is 41.5 Å². The zero-order valence-corrected chi connectivity index (χ0v) is 11.1. The van der Waals surface area contributed by atoms with Crippen LogP contribution in [0.2, 0.25) is 5.02 Å². The Kier molecular flexibility index (Phi) is 3.72.